The van der Waals surface area contributed by atoms with E-state index in [1.165, 1.54) is 6.07 Å². The minimum Gasteiger partial charge on any atom is -0.328 e. The first-order valence-corrected chi connectivity index (χ1v) is 4.47. The number of aliphatic imine (C=N–C) groups is 1. The smallest absolute Gasteiger partial charge is 0.128 e. The van der Waals surface area contributed by atoms with Crippen molar-refractivity contribution in [2.45, 2.75) is 6.92 Å². The molecule has 0 spiro atoms. The summed E-state index contributed by atoms with van der Waals surface area (Å²) in [5, 5.41) is 0. The van der Waals surface area contributed by atoms with Crippen LogP contribution in [0.1, 0.15) is 5.56 Å². The summed E-state index contributed by atoms with van der Waals surface area (Å²) < 4.78 is 13.2. The van der Waals surface area contributed by atoms with Crippen LogP contribution in [0.4, 0.5) is 10.1 Å². The van der Waals surface area contributed by atoms with Crippen LogP contribution in [0, 0.1) is 12.7 Å². The van der Waals surface area contributed by atoms with Crippen LogP contribution >= 0.6 is 0 Å². The molecule has 0 aliphatic carbocycles. The minimum atomic E-state index is -0.176. The standard InChI is InChI=1S/C11H11FN2/c1-9-10(12)4-2-5-11(9)14-7-3-6-13-8-14/h2-7H,8H2,1H3. The topological polar surface area (TPSA) is 15.6 Å². The van der Waals surface area contributed by atoms with Crippen LogP contribution < -0.4 is 4.90 Å². The summed E-state index contributed by atoms with van der Waals surface area (Å²) in [6, 6.07) is 5.07. The Morgan fingerprint density at radius 3 is 3.00 bits per heavy atom. The van der Waals surface area contributed by atoms with Gasteiger partial charge in [0.2, 0.25) is 0 Å². The molecule has 0 aromatic heterocycles. The van der Waals surface area contributed by atoms with E-state index >= 15 is 0 Å². The summed E-state index contributed by atoms with van der Waals surface area (Å²) in [6.07, 6.45) is 5.48. The van der Waals surface area contributed by atoms with Crippen molar-refractivity contribution >= 4 is 11.9 Å². The molecule has 0 N–H and O–H groups in total. The molecule has 1 aromatic rings. The Balaban J connectivity index is 2.36. The molecule has 0 atom stereocenters. The number of halogens is 1. The minimum absolute atomic E-state index is 0.176. The summed E-state index contributed by atoms with van der Waals surface area (Å²) >= 11 is 0. The van der Waals surface area contributed by atoms with E-state index in [0.29, 0.717) is 12.2 Å². The lowest BCUT2D eigenvalue weighted by Gasteiger charge is -2.21. The van der Waals surface area contributed by atoms with Gasteiger partial charge in [-0.1, -0.05) is 6.07 Å². The third-order valence-electron chi connectivity index (χ3n) is 2.24. The van der Waals surface area contributed by atoms with Crippen molar-refractivity contribution in [3.63, 3.8) is 0 Å². The molecule has 1 aromatic carbocycles. The average Bonchev–Trinajstić information content (AvgIpc) is 2.23. The fraction of sp³-hybridized carbons (Fsp3) is 0.182. The van der Waals surface area contributed by atoms with Crippen LogP contribution in [0.2, 0.25) is 0 Å². The molecule has 2 nitrogen and oxygen atoms in total. The van der Waals surface area contributed by atoms with Crippen LogP contribution in [0.15, 0.2) is 35.5 Å². The lowest BCUT2D eigenvalue weighted by atomic mass is 10.2. The van der Waals surface area contributed by atoms with Crippen LogP contribution in [0.3, 0.4) is 0 Å². The van der Waals surface area contributed by atoms with Gasteiger partial charge in [0.15, 0.2) is 0 Å². The molecule has 1 heterocycles. The van der Waals surface area contributed by atoms with E-state index in [-0.39, 0.29) is 5.82 Å². The molecule has 1 aliphatic rings. The van der Waals surface area contributed by atoms with Gasteiger partial charge in [-0.3, -0.25) is 4.99 Å². The Morgan fingerprint density at radius 2 is 2.29 bits per heavy atom. The highest BCUT2D eigenvalue weighted by molar-refractivity contribution is 5.74. The predicted octanol–water partition coefficient (Wildman–Crippen LogP) is 2.50. The molecule has 14 heavy (non-hydrogen) atoms. The Morgan fingerprint density at radius 1 is 1.43 bits per heavy atom. The van der Waals surface area contributed by atoms with E-state index in [4.69, 9.17) is 0 Å². The van der Waals surface area contributed by atoms with Gasteiger partial charge in [-0.25, -0.2) is 4.39 Å². The lowest BCUT2D eigenvalue weighted by molar-refractivity contribution is 0.618. The van der Waals surface area contributed by atoms with Crippen molar-refractivity contribution in [3.05, 3.63) is 41.9 Å². The predicted molar refractivity (Wildman–Crippen MR) is 56.1 cm³/mol. The van der Waals surface area contributed by atoms with Gasteiger partial charge in [-0.2, -0.15) is 0 Å². The summed E-state index contributed by atoms with van der Waals surface area (Å²) in [4.78, 5) is 6.01. The number of nitrogens with zero attached hydrogens (tertiary/aromatic N) is 2. The van der Waals surface area contributed by atoms with Crippen molar-refractivity contribution in [2.24, 2.45) is 4.99 Å². The molecule has 0 saturated heterocycles. The molecular weight excluding hydrogens is 179 g/mol. The number of anilines is 1. The van der Waals surface area contributed by atoms with Crippen LogP contribution in [0.5, 0.6) is 0 Å². The van der Waals surface area contributed by atoms with Crippen molar-refractivity contribution in [2.75, 3.05) is 11.6 Å². The molecule has 72 valence electrons. The molecule has 0 bridgehead atoms. The summed E-state index contributed by atoms with van der Waals surface area (Å²) in [7, 11) is 0. The van der Waals surface area contributed by atoms with E-state index in [2.05, 4.69) is 4.99 Å². The van der Waals surface area contributed by atoms with Gasteiger partial charge < -0.3 is 4.90 Å². The van der Waals surface area contributed by atoms with E-state index in [0.717, 1.165) is 5.69 Å². The third-order valence-corrected chi connectivity index (χ3v) is 2.24. The second kappa shape index (κ2) is 3.62. The van der Waals surface area contributed by atoms with Gasteiger partial charge in [0.1, 0.15) is 12.5 Å². The van der Waals surface area contributed by atoms with Crippen molar-refractivity contribution < 1.29 is 4.39 Å². The summed E-state index contributed by atoms with van der Waals surface area (Å²) in [5.41, 5.74) is 1.53. The maximum atomic E-state index is 13.2. The largest absolute Gasteiger partial charge is 0.328 e. The van der Waals surface area contributed by atoms with Crippen molar-refractivity contribution in [1.82, 2.24) is 0 Å². The lowest BCUT2D eigenvalue weighted by Crippen LogP contribution is -2.19. The van der Waals surface area contributed by atoms with Gasteiger partial charge in [0.25, 0.3) is 0 Å². The zero-order chi connectivity index (χ0) is 9.97. The Labute approximate surface area is 82.4 Å². The van der Waals surface area contributed by atoms with Crippen LogP contribution in [0.25, 0.3) is 0 Å². The number of benzene rings is 1. The number of hydrogen-bond donors (Lipinski definition) is 0. The molecule has 0 amide bonds. The molecule has 1 aliphatic heterocycles. The number of allylic oxidation sites excluding steroid dienone is 1. The Bertz CT molecular complexity index is 396. The van der Waals surface area contributed by atoms with Gasteiger partial charge in [0, 0.05) is 23.7 Å². The fourth-order valence-corrected chi connectivity index (χ4v) is 1.45. The first-order valence-electron chi connectivity index (χ1n) is 4.47. The molecule has 0 saturated carbocycles. The molecule has 0 radical (unpaired) electrons. The second-order valence-corrected chi connectivity index (χ2v) is 3.17. The highest BCUT2D eigenvalue weighted by Crippen LogP contribution is 2.22. The van der Waals surface area contributed by atoms with E-state index in [1.807, 2.05) is 23.2 Å². The second-order valence-electron chi connectivity index (χ2n) is 3.17. The fourth-order valence-electron chi connectivity index (χ4n) is 1.45. The van der Waals surface area contributed by atoms with Crippen molar-refractivity contribution in [1.29, 1.82) is 0 Å². The van der Waals surface area contributed by atoms with Crippen molar-refractivity contribution in [3.8, 4) is 0 Å². The zero-order valence-corrected chi connectivity index (χ0v) is 7.94. The maximum absolute atomic E-state index is 13.2. The number of rotatable bonds is 1. The van der Waals surface area contributed by atoms with E-state index in [1.54, 1.807) is 19.2 Å². The molecule has 0 unspecified atom stereocenters. The van der Waals surface area contributed by atoms with Gasteiger partial charge >= 0.3 is 0 Å². The quantitative estimate of drug-likeness (QED) is 0.664. The molecular formula is C11H11FN2. The first-order chi connectivity index (χ1) is 6.79. The molecule has 2 rings (SSSR count). The maximum Gasteiger partial charge on any atom is 0.128 e. The summed E-state index contributed by atoms with van der Waals surface area (Å²) in [6.45, 7) is 2.33. The SMILES string of the molecule is Cc1c(F)cccc1N1C=CC=NC1. The highest BCUT2D eigenvalue weighted by Gasteiger charge is 2.09. The first kappa shape index (κ1) is 8.94. The van der Waals surface area contributed by atoms with E-state index < -0.39 is 0 Å². The zero-order valence-electron chi connectivity index (χ0n) is 7.94. The van der Waals surface area contributed by atoms with Gasteiger partial charge in [-0.15, -0.1) is 0 Å². The van der Waals surface area contributed by atoms with E-state index in [9.17, 15) is 4.39 Å². The highest BCUT2D eigenvalue weighted by atomic mass is 19.1. The monoisotopic (exact) mass is 190 g/mol. The van der Waals surface area contributed by atoms with Gasteiger partial charge in [0.05, 0.1) is 0 Å². The van der Waals surface area contributed by atoms with Crippen LogP contribution in [-0.4, -0.2) is 12.9 Å². The normalized spacial score (nSPS) is 14.9. The molecule has 3 heteroatoms. The third kappa shape index (κ3) is 1.53. The van der Waals surface area contributed by atoms with Gasteiger partial charge in [-0.05, 0) is 25.1 Å². The Kier molecular flexibility index (Phi) is 2.31. The molecule has 0 fully saturated rings. The van der Waals surface area contributed by atoms with Crippen LogP contribution in [-0.2, 0) is 0 Å². The number of hydrogen-bond acceptors (Lipinski definition) is 2. The average molecular weight is 190 g/mol. The summed E-state index contributed by atoms with van der Waals surface area (Å²) in [5.74, 6) is -0.176. The Hall–Kier alpha value is -1.64.